The van der Waals surface area contributed by atoms with E-state index in [1.807, 2.05) is 0 Å². The summed E-state index contributed by atoms with van der Waals surface area (Å²) in [5.41, 5.74) is -1.21. The zero-order valence-electron chi connectivity index (χ0n) is 10.7. The van der Waals surface area contributed by atoms with Crippen LogP contribution >= 0.6 is 11.3 Å². The largest absolute Gasteiger partial charge is 0.480 e. The maximum absolute atomic E-state index is 12.0. The van der Waals surface area contributed by atoms with Crippen LogP contribution in [0.4, 0.5) is 0 Å². The van der Waals surface area contributed by atoms with E-state index in [0.717, 1.165) is 17.8 Å². The summed E-state index contributed by atoms with van der Waals surface area (Å²) in [6.45, 7) is 0. The molecule has 0 aromatic carbocycles. The average Bonchev–Trinajstić information content (AvgIpc) is 2.83. The first-order valence-electron chi connectivity index (χ1n) is 5.89. The molecule has 1 aliphatic carbocycles. The number of thiophene rings is 1. The van der Waals surface area contributed by atoms with Crippen molar-refractivity contribution in [1.29, 1.82) is 0 Å². The zero-order valence-corrected chi connectivity index (χ0v) is 12.3. The van der Waals surface area contributed by atoms with Gasteiger partial charge < -0.3 is 10.4 Å². The van der Waals surface area contributed by atoms with Gasteiger partial charge in [0.05, 0.1) is 9.77 Å². The lowest BCUT2D eigenvalue weighted by molar-refractivity contribution is -0.148. The second-order valence-corrected chi connectivity index (χ2v) is 7.35. The normalized spacial score (nSPS) is 17.2. The molecule has 1 amide bonds. The van der Waals surface area contributed by atoms with E-state index < -0.39 is 27.4 Å². The van der Waals surface area contributed by atoms with Gasteiger partial charge in [-0.25, -0.2) is 17.9 Å². The quantitative estimate of drug-likeness (QED) is 0.727. The van der Waals surface area contributed by atoms with E-state index in [1.54, 1.807) is 0 Å². The van der Waals surface area contributed by atoms with Crippen LogP contribution in [0.2, 0.25) is 0 Å². The van der Waals surface area contributed by atoms with Gasteiger partial charge in [-0.05, 0) is 32.4 Å². The van der Waals surface area contributed by atoms with Gasteiger partial charge in [-0.15, -0.1) is 11.3 Å². The Morgan fingerprint density at radius 1 is 1.40 bits per heavy atom. The Kier molecular flexibility index (Phi) is 3.85. The predicted octanol–water partition coefficient (Wildman–Crippen LogP) is 0.393. The monoisotopic (exact) mass is 318 g/mol. The third kappa shape index (κ3) is 2.56. The summed E-state index contributed by atoms with van der Waals surface area (Å²) in [6.07, 6.45) is 1.53. The lowest BCUT2D eigenvalue weighted by Crippen LogP contribution is -2.59. The number of nitrogens with one attached hydrogen (secondary N) is 2. The van der Waals surface area contributed by atoms with E-state index in [1.165, 1.54) is 18.5 Å². The topological polar surface area (TPSA) is 113 Å². The van der Waals surface area contributed by atoms with Crippen LogP contribution in [0, 0.1) is 0 Å². The first-order chi connectivity index (χ1) is 9.31. The van der Waals surface area contributed by atoms with Crippen LogP contribution in [0.25, 0.3) is 0 Å². The van der Waals surface area contributed by atoms with E-state index >= 15 is 0 Å². The Morgan fingerprint density at radius 2 is 2.05 bits per heavy atom. The minimum Gasteiger partial charge on any atom is -0.480 e. The Balaban J connectivity index is 2.17. The highest BCUT2D eigenvalue weighted by Gasteiger charge is 2.45. The fourth-order valence-corrected chi connectivity index (χ4v) is 3.80. The molecular weight excluding hydrogens is 304 g/mol. The van der Waals surface area contributed by atoms with Crippen LogP contribution in [0.1, 0.15) is 28.9 Å². The van der Waals surface area contributed by atoms with Crippen molar-refractivity contribution >= 4 is 33.2 Å². The maximum Gasteiger partial charge on any atom is 0.329 e. The minimum atomic E-state index is -3.60. The van der Waals surface area contributed by atoms with Crippen LogP contribution < -0.4 is 10.0 Å². The molecule has 0 aliphatic heterocycles. The summed E-state index contributed by atoms with van der Waals surface area (Å²) in [7, 11) is -2.32. The Labute approximate surface area is 120 Å². The van der Waals surface area contributed by atoms with Gasteiger partial charge in [0.1, 0.15) is 5.54 Å². The number of carboxylic acid groups (broad SMARTS) is 1. The number of aliphatic carboxylic acids is 1. The lowest BCUT2D eigenvalue weighted by Gasteiger charge is -2.38. The smallest absolute Gasteiger partial charge is 0.329 e. The molecule has 20 heavy (non-hydrogen) atoms. The molecule has 9 heteroatoms. The number of hydrogen-bond donors (Lipinski definition) is 3. The Bertz CT molecular complexity index is 646. The summed E-state index contributed by atoms with van der Waals surface area (Å²) in [4.78, 5) is 23.3. The van der Waals surface area contributed by atoms with Crippen LogP contribution in [0.15, 0.2) is 16.3 Å². The van der Waals surface area contributed by atoms with E-state index in [4.69, 9.17) is 5.11 Å². The molecule has 7 nitrogen and oxygen atoms in total. The van der Waals surface area contributed by atoms with Crippen molar-refractivity contribution in [2.75, 3.05) is 7.05 Å². The average molecular weight is 318 g/mol. The molecule has 0 unspecified atom stereocenters. The standard InChI is InChI=1S/C11H14N2O5S2/c1-12-20(17,18)7-5-8(19-6-7)9(14)13-11(10(15)16)3-2-4-11/h5-6,12H,2-4H2,1H3,(H,13,14)(H,15,16). The third-order valence-corrected chi connectivity index (χ3v) is 5.82. The van der Waals surface area contributed by atoms with Crippen LogP contribution in [0.5, 0.6) is 0 Å². The molecule has 1 fully saturated rings. The van der Waals surface area contributed by atoms with Crippen molar-refractivity contribution < 1.29 is 23.1 Å². The number of amides is 1. The van der Waals surface area contributed by atoms with Crippen LogP contribution in [-0.2, 0) is 14.8 Å². The van der Waals surface area contributed by atoms with Crippen LogP contribution in [0.3, 0.4) is 0 Å². The highest BCUT2D eigenvalue weighted by molar-refractivity contribution is 7.89. The molecule has 1 aliphatic rings. The highest BCUT2D eigenvalue weighted by atomic mass is 32.2. The number of rotatable bonds is 5. The fourth-order valence-electron chi connectivity index (χ4n) is 1.90. The van der Waals surface area contributed by atoms with Gasteiger partial charge >= 0.3 is 5.97 Å². The van der Waals surface area contributed by atoms with Gasteiger partial charge in [-0.1, -0.05) is 0 Å². The lowest BCUT2D eigenvalue weighted by atomic mass is 9.77. The summed E-state index contributed by atoms with van der Waals surface area (Å²) in [6, 6.07) is 1.24. The van der Waals surface area contributed by atoms with Crippen LogP contribution in [-0.4, -0.2) is 38.0 Å². The molecule has 0 bridgehead atoms. The molecular formula is C11H14N2O5S2. The van der Waals surface area contributed by atoms with Gasteiger partial charge in [0, 0.05) is 5.38 Å². The van der Waals surface area contributed by atoms with Gasteiger partial charge in [0.15, 0.2) is 0 Å². The second-order valence-electron chi connectivity index (χ2n) is 4.55. The predicted molar refractivity (Wildman–Crippen MR) is 72.2 cm³/mol. The molecule has 1 heterocycles. The van der Waals surface area contributed by atoms with E-state index in [-0.39, 0.29) is 9.77 Å². The Hall–Kier alpha value is -1.45. The van der Waals surface area contributed by atoms with Crippen molar-refractivity contribution in [2.45, 2.75) is 29.7 Å². The van der Waals surface area contributed by atoms with E-state index in [9.17, 15) is 18.0 Å². The number of sulfonamides is 1. The third-order valence-electron chi connectivity index (χ3n) is 3.35. The molecule has 110 valence electrons. The summed E-state index contributed by atoms with van der Waals surface area (Å²) in [5, 5.41) is 13.0. The molecule has 3 N–H and O–H groups in total. The van der Waals surface area contributed by atoms with Crippen molar-refractivity contribution in [3.8, 4) is 0 Å². The SMILES string of the molecule is CNS(=O)(=O)c1csc(C(=O)NC2(C(=O)O)CCC2)c1. The first kappa shape index (κ1) is 14.9. The van der Waals surface area contributed by atoms with Gasteiger partial charge in [-0.3, -0.25) is 4.79 Å². The number of carbonyl (C=O) groups is 2. The zero-order chi connectivity index (χ0) is 15.0. The molecule has 1 saturated carbocycles. The number of carboxylic acids is 1. The number of hydrogen-bond acceptors (Lipinski definition) is 5. The van der Waals surface area contributed by atoms with E-state index in [2.05, 4.69) is 10.0 Å². The highest BCUT2D eigenvalue weighted by Crippen LogP contribution is 2.32. The minimum absolute atomic E-state index is 0.00636. The van der Waals surface area contributed by atoms with Gasteiger partial charge in [0.25, 0.3) is 5.91 Å². The molecule has 0 spiro atoms. The second kappa shape index (κ2) is 5.15. The first-order valence-corrected chi connectivity index (χ1v) is 8.25. The molecule has 0 atom stereocenters. The molecule has 2 rings (SSSR count). The summed E-state index contributed by atoms with van der Waals surface area (Å²) >= 11 is 0.963. The van der Waals surface area contributed by atoms with Crippen molar-refractivity contribution in [3.05, 3.63) is 16.3 Å². The molecule has 0 radical (unpaired) electrons. The summed E-state index contributed by atoms with van der Waals surface area (Å²) < 4.78 is 25.3. The Morgan fingerprint density at radius 3 is 2.50 bits per heavy atom. The fraction of sp³-hybridized carbons (Fsp3) is 0.455. The maximum atomic E-state index is 12.0. The molecule has 1 aromatic heterocycles. The van der Waals surface area contributed by atoms with Crippen molar-refractivity contribution in [3.63, 3.8) is 0 Å². The van der Waals surface area contributed by atoms with Gasteiger partial charge in [0.2, 0.25) is 10.0 Å². The number of carbonyl (C=O) groups excluding carboxylic acids is 1. The molecule has 1 aromatic rings. The van der Waals surface area contributed by atoms with Crippen molar-refractivity contribution in [2.24, 2.45) is 0 Å². The van der Waals surface area contributed by atoms with Gasteiger partial charge in [-0.2, -0.15) is 0 Å². The van der Waals surface area contributed by atoms with E-state index in [0.29, 0.717) is 12.8 Å². The molecule has 0 saturated heterocycles. The summed E-state index contributed by atoms with van der Waals surface area (Å²) in [5.74, 6) is -1.62. The van der Waals surface area contributed by atoms with Crippen molar-refractivity contribution in [1.82, 2.24) is 10.0 Å².